The molecule has 0 aliphatic rings. The Hall–Kier alpha value is -1.73. The van der Waals surface area contributed by atoms with Gasteiger partial charge in [-0.15, -0.1) is 6.58 Å². The molecule has 1 aromatic carbocycles. The number of carbonyl (C=O) groups excluding carboxylic acids is 1. The van der Waals surface area contributed by atoms with Crippen molar-refractivity contribution in [1.82, 2.24) is 0 Å². The second kappa shape index (κ2) is 19.3. The van der Waals surface area contributed by atoms with Gasteiger partial charge in [-0.2, -0.15) is 0 Å². The molecule has 6 nitrogen and oxygen atoms in total. The molecule has 0 atom stereocenters. The monoisotopic (exact) mass is 341 g/mol. The van der Waals surface area contributed by atoms with Crippen LogP contribution in [0.3, 0.4) is 0 Å². The summed E-state index contributed by atoms with van der Waals surface area (Å²) < 4.78 is 10.1. The van der Waals surface area contributed by atoms with E-state index in [1.54, 1.807) is 18.2 Å². The maximum atomic E-state index is 10.3. The van der Waals surface area contributed by atoms with Gasteiger partial charge in [-0.05, 0) is 45.0 Å². The van der Waals surface area contributed by atoms with Crippen LogP contribution in [0, 0.1) is 0 Å². The minimum Gasteiger partial charge on any atom is -0.394 e. The van der Waals surface area contributed by atoms with Crippen molar-refractivity contribution in [1.29, 1.82) is 0 Å². The Labute approximate surface area is 145 Å². The van der Waals surface area contributed by atoms with Crippen LogP contribution in [0.2, 0.25) is 0 Å². The highest BCUT2D eigenvalue weighted by molar-refractivity contribution is 5.75. The molecule has 0 unspecified atom stereocenters. The Kier molecular flexibility index (Phi) is 19.7. The predicted molar refractivity (Wildman–Crippen MR) is 97.4 cm³/mol. The summed E-state index contributed by atoms with van der Waals surface area (Å²) in [5.74, 6) is 0. The molecule has 0 aromatic heterocycles. The Morgan fingerprint density at radius 1 is 1.12 bits per heavy atom. The molecule has 6 heteroatoms. The molecule has 0 fully saturated rings. The van der Waals surface area contributed by atoms with Crippen molar-refractivity contribution in [2.75, 3.05) is 38.3 Å². The Morgan fingerprint density at radius 2 is 1.62 bits per heavy atom. The predicted octanol–water partition coefficient (Wildman–Crippen LogP) is 2.47. The van der Waals surface area contributed by atoms with E-state index in [-0.39, 0.29) is 19.5 Å². The van der Waals surface area contributed by atoms with Crippen LogP contribution in [0.15, 0.2) is 36.9 Å². The maximum Gasteiger partial charge on any atom is 0.154 e. The highest BCUT2D eigenvalue weighted by Gasteiger charge is 1.94. The average molecular weight is 341 g/mol. The molecule has 0 amide bonds. The van der Waals surface area contributed by atoms with Crippen molar-refractivity contribution in [2.24, 2.45) is 0 Å². The SMILES string of the molecule is C=CCNc1ccc(C=O)cc1.CCOC(C)OCC.OCCO. The van der Waals surface area contributed by atoms with E-state index >= 15 is 0 Å². The van der Waals surface area contributed by atoms with Crippen LogP contribution in [-0.4, -0.2) is 55.8 Å². The molecule has 3 N–H and O–H groups in total. The smallest absolute Gasteiger partial charge is 0.154 e. The van der Waals surface area contributed by atoms with Gasteiger partial charge in [-0.3, -0.25) is 4.79 Å². The number of rotatable bonds is 9. The molecule has 0 heterocycles. The van der Waals surface area contributed by atoms with Crippen LogP contribution >= 0.6 is 0 Å². The molecule has 0 spiro atoms. The molecule has 0 saturated carbocycles. The van der Waals surface area contributed by atoms with Crippen molar-refractivity contribution < 1.29 is 24.5 Å². The molecule has 0 aliphatic carbocycles. The molecule has 0 bridgehead atoms. The van der Waals surface area contributed by atoms with Crippen LogP contribution in [0.5, 0.6) is 0 Å². The van der Waals surface area contributed by atoms with Gasteiger partial charge < -0.3 is 25.0 Å². The van der Waals surface area contributed by atoms with Crippen LogP contribution in [0.1, 0.15) is 31.1 Å². The van der Waals surface area contributed by atoms with Gasteiger partial charge in [0.15, 0.2) is 6.29 Å². The second-order valence-electron chi connectivity index (χ2n) is 4.33. The molecule has 24 heavy (non-hydrogen) atoms. The third kappa shape index (κ3) is 16.6. The van der Waals surface area contributed by atoms with E-state index in [1.165, 1.54) is 0 Å². The first-order valence-electron chi connectivity index (χ1n) is 7.94. The standard InChI is InChI=1S/C10H11NO.C6H14O2.C2H6O2/c1-2-7-11-10-5-3-9(8-12)4-6-10;1-4-7-6(3)8-5-2;3-1-2-4/h2-6,8,11H,1,7H2;6H,4-5H2,1-3H3;3-4H,1-2H2. The van der Waals surface area contributed by atoms with Gasteiger partial charge in [0, 0.05) is 31.0 Å². The summed E-state index contributed by atoms with van der Waals surface area (Å²) in [5, 5.41) is 18.4. The first kappa shape index (κ1) is 24.5. The third-order valence-corrected chi connectivity index (χ3v) is 2.40. The molecule has 0 aliphatic heterocycles. The fourth-order valence-electron chi connectivity index (χ4n) is 1.39. The lowest BCUT2D eigenvalue weighted by Crippen LogP contribution is -2.11. The van der Waals surface area contributed by atoms with Gasteiger partial charge in [0.2, 0.25) is 0 Å². The third-order valence-electron chi connectivity index (χ3n) is 2.40. The van der Waals surface area contributed by atoms with Gasteiger partial charge in [0.05, 0.1) is 13.2 Å². The number of benzene rings is 1. The summed E-state index contributed by atoms with van der Waals surface area (Å²) in [5.41, 5.74) is 1.69. The number of hydrogen-bond acceptors (Lipinski definition) is 6. The van der Waals surface area contributed by atoms with Crippen molar-refractivity contribution in [3.05, 3.63) is 42.5 Å². The number of ether oxygens (including phenoxy) is 2. The first-order chi connectivity index (χ1) is 11.6. The topological polar surface area (TPSA) is 88.0 Å². The van der Waals surface area contributed by atoms with E-state index in [4.69, 9.17) is 19.7 Å². The van der Waals surface area contributed by atoms with Gasteiger partial charge in [0.25, 0.3) is 0 Å². The molecule has 1 aromatic rings. The van der Waals surface area contributed by atoms with E-state index in [0.717, 1.165) is 31.7 Å². The lowest BCUT2D eigenvalue weighted by atomic mass is 10.2. The summed E-state index contributed by atoms with van der Waals surface area (Å²) in [6.07, 6.45) is 2.58. The zero-order valence-corrected chi connectivity index (χ0v) is 14.9. The van der Waals surface area contributed by atoms with Gasteiger partial charge in [0.1, 0.15) is 6.29 Å². The van der Waals surface area contributed by atoms with Crippen LogP contribution in [-0.2, 0) is 9.47 Å². The van der Waals surface area contributed by atoms with Crippen LogP contribution in [0.25, 0.3) is 0 Å². The Bertz CT molecular complexity index is 387. The van der Waals surface area contributed by atoms with Gasteiger partial charge >= 0.3 is 0 Å². The maximum absolute atomic E-state index is 10.3. The van der Waals surface area contributed by atoms with E-state index in [2.05, 4.69) is 11.9 Å². The van der Waals surface area contributed by atoms with E-state index in [1.807, 2.05) is 32.9 Å². The number of nitrogens with one attached hydrogen (secondary N) is 1. The molecule has 138 valence electrons. The summed E-state index contributed by atoms with van der Waals surface area (Å²) in [6.45, 7) is 11.3. The number of aldehydes is 1. The van der Waals surface area contributed by atoms with Crippen LogP contribution in [0.4, 0.5) is 5.69 Å². The van der Waals surface area contributed by atoms with Crippen molar-refractivity contribution in [2.45, 2.75) is 27.1 Å². The number of anilines is 1. The number of carbonyl (C=O) groups is 1. The van der Waals surface area contributed by atoms with Gasteiger partial charge in [-0.25, -0.2) is 0 Å². The normalized spacial score (nSPS) is 9.25. The van der Waals surface area contributed by atoms with Crippen molar-refractivity contribution in [3.63, 3.8) is 0 Å². The fourth-order valence-corrected chi connectivity index (χ4v) is 1.39. The largest absolute Gasteiger partial charge is 0.394 e. The fraction of sp³-hybridized carbons (Fsp3) is 0.500. The number of aliphatic hydroxyl groups is 2. The summed E-state index contributed by atoms with van der Waals surface area (Å²) >= 11 is 0. The number of hydrogen-bond donors (Lipinski definition) is 3. The summed E-state index contributed by atoms with van der Waals surface area (Å²) in [7, 11) is 0. The summed E-state index contributed by atoms with van der Waals surface area (Å²) in [6, 6.07) is 7.29. The average Bonchev–Trinajstić information content (AvgIpc) is 2.61. The van der Waals surface area contributed by atoms with Crippen molar-refractivity contribution in [3.8, 4) is 0 Å². The first-order valence-corrected chi connectivity index (χ1v) is 7.94. The van der Waals surface area contributed by atoms with E-state index in [9.17, 15) is 4.79 Å². The zero-order valence-electron chi connectivity index (χ0n) is 14.9. The second-order valence-corrected chi connectivity index (χ2v) is 4.33. The Balaban J connectivity index is 0. The van der Waals surface area contributed by atoms with E-state index < -0.39 is 0 Å². The number of aliphatic hydroxyl groups excluding tert-OH is 2. The molecule has 0 radical (unpaired) electrons. The van der Waals surface area contributed by atoms with E-state index in [0.29, 0.717) is 5.56 Å². The minimum atomic E-state index is -0.125. The van der Waals surface area contributed by atoms with Crippen LogP contribution < -0.4 is 5.32 Å². The molecule has 0 saturated heterocycles. The highest BCUT2D eigenvalue weighted by atomic mass is 16.7. The molecular formula is C18H31NO5. The molecule has 1 rings (SSSR count). The zero-order chi connectivity index (χ0) is 18.6. The minimum absolute atomic E-state index is 0.0370. The van der Waals surface area contributed by atoms with Gasteiger partial charge in [-0.1, -0.05) is 6.08 Å². The lowest BCUT2D eigenvalue weighted by molar-refractivity contribution is -0.123. The summed E-state index contributed by atoms with van der Waals surface area (Å²) in [4.78, 5) is 10.3. The Morgan fingerprint density at radius 3 is 1.96 bits per heavy atom. The molecular weight excluding hydrogens is 310 g/mol. The van der Waals surface area contributed by atoms with Crippen molar-refractivity contribution >= 4 is 12.0 Å². The highest BCUT2D eigenvalue weighted by Crippen LogP contribution is 2.07. The lowest BCUT2D eigenvalue weighted by Gasteiger charge is -2.09. The quantitative estimate of drug-likeness (QED) is 0.363.